The van der Waals surface area contributed by atoms with E-state index in [1.165, 1.54) is 20.3 Å². The maximum Gasteiger partial charge on any atom is 0.301 e. The number of benzene rings is 2. The normalized spacial score (nSPS) is 14.2. The molecule has 0 fully saturated rings. The number of nitrogens with zero attached hydrogens (tertiary/aromatic N) is 1. The SMILES string of the molecule is COc1ccc(OC)c(N2C(=O)C(O)=C(c3ccc(C)c(C)c3)C2=O)c1. The Morgan fingerprint density at radius 1 is 0.885 bits per heavy atom. The average molecular weight is 353 g/mol. The molecule has 0 radical (unpaired) electrons. The van der Waals surface area contributed by atoms with E-state index < -0.39 is 17.6 Å². The van der Waals surface area contributed by atoms with Crippen LogP contribution in [0.3, 0.4) is 0 Å². The molecule has 0 saturated heterocycles. The van der Waals surface area contributed by atoms with Gasteiger partial charge in [-0.1, -0.05) is 18.2 Å². The lowest BCUT2D eigenvalue weighted by Gasteiger charge is -2.18. The van der Waals surface area contributed by atoms with Gasteiger partial charge in [-0.25, -0.2) is 4.90 Å². The van der Waals surface area contributed by atoms with Crippen molar-refractivity contribution in [3.05, 3.63) is 58.8 Å². The Hall–Kier alpha value is -3.28. The number of hydrogen-bond donors (Lipinski definition) is 1. The molecule has 6 heteroatoms. The Bertz CT molecular complexity index is 945. The lowest BCUT2D eigenvalue weighted by atomic mass is 10.00. The van der Waals surface area contributed by atoms with Crippen molar-refractivity contribution in [3.8, 4) is 11.5 Å². The standard InChI is InChI=1S/C20H19NO5/c1-11-5-6-13(9-12(11)2)17-18(22)20(24)21(19(17)23)15-10-14(25-3)7-8-16(15)26-4/h5-10,22H,1-4H3. The number of carbonyl (C=O) groups excluding carboxylic acids is 2. The van der Waals surface area contributed by atoms with Gasteiger partial charge in [0.25, 0.3) is 5.91 Å². The molecule has 6 nitrogen and oxygen atoms in total. The lowest BCUT2D eigenvalue weighted by molar-refractivity contribution is -0.121. The van der Waals surface area contributed by atoms with E-state index in [1.807, 2.05) is 19.9 Å². The number of aliphatic hydroxyl groups excluding tert-OH is 1. The summed E-state index contributed by atoms with van der Waals surface area (Å²) < 4.78 is 10.4. The molecule has 0 unspecified atom stereocenters. The van der Waals surface area contributed by atoms with Crippen molar-refractivity contribution < 1.29 is 24.2 Å². The summed E-state index contributed by atoms with van der Waals surface area (Å²) in [5, 5.41) is 10.4. The first-order chi connectivity index (χ1) is 12.4. The summed E-state index contributed by atoms with van der Waals surface area (Å²) in [4.78, 5) is 26.5. The van der Waals surface area contributed by atoms with Crippen LogP contribution in [0.1, 0.15) is 16.7 Å². The highest BCUT2D eigenvalue weighted by molar-refractivity contribution is 6.45. The molecule has 1 aliphatic rings. The van der Waals surface area contributed by atoms with Crippen LogP contribution in [0.15, 0.2) is 42.2 Å². The van der Waals surface area contributed by atoms with Gasteiger partial charge in [0.2, 0.25) is 0 Å². The topological polar surface area (TPSA) is 76.1 Å². The number of aliphatic hydroxyl groups is 1. The van der Waals surface area contributed by atoms with Gasteiger partial charge in [0, 0.05) is 6.07 Å². The van der Waals surface area contributed by atoms with Crippen LogP contribution < -0.4 is 14.4 Å². The Kier molecular flexibility index (Phi) is 4.42. The van der Waals surface area contributed by atoms with Gasteiger partial charge in [-0.05, 0) is 42.7 Å². The van der Waals surface area contributed by atoms with Crippen LogP contribution in [0, 0.1) is 13.8 Å². The summed E-state index contributed by atoms with van der Waals surface area (Å²) in [6.45, 7) is 3.85. The van der Waals surface area contributed by atoms with Crippen molar-refractivity contribution >= 4 is 23.1 Å². The van der Waals surface area contributed by atoms with Crippen LogP contribution in [0.4, 0.5) is 5.69 Å². The van der Waals surface area contributed by atoms with Crippen LogP contribution in [0.2, 0.25) is 0 Å². The van der Waals surface area contributed by atoms with Crippen molar-refractivity contribution in [1.29, 1.82) is 0 Å². The van der Waals surface area contributed by atoms with Crippen molar-refractivity contribution in [2.75, 3.05) is 19.1 Å². The summed E-state index contributed by atoms with van der Waals surface area (Å²) in [5.41, 5.74) is 2.70. The second-order valence-corrected chi connectivity index (χ2v) is 6.01. The monoisotopic (exact) mass is 353 g/mol. The predicted molar refractivity (Wildman–Crippen MR) is 97.5 cm³/mol. The fourth-order valence-electron chi connectivity index (χ4n) is 2.87. The second kappa shape index (κ2) is 6.55. The highest BCUT2D eigenvalue weighted by Crippen LogP contribution is 2.38. The number of hydrogen-bond acceptors (Lipinski definition) is 5. The molecule has 0 spiro atoms. The maximum absolute atomic E-state index is 13.0. The van der Waals surface area contributed by atoms with Crippen molar-refractivity contribution in [3.63, 3.8) is 0 Å². The quantitative estimate of drug-likeness (QED) is 0.855. The maximum atomic E-state index is 13.0. The van der Waals surface area contributed by atoms with Gasteiger partial charge in [-0.3, -0.25) is 9.59 Å². The van der Waals surface area contributed by atoms with Crippen molar-refractivity contribution in [2.45, 2.75) is 13.8 Å². The molecule has 0 bridgehead atoms. The molecule has 2 amide bonds. The number of ether oxygens (including phenoxy) is 2. The largest absolute Gasteiger partial charge is 0.502 e. The first kappa shape index (κ1) is 17.5. The number of methoxy groups -OCH3 is 2. The molecule has 0 aromatic heterocycles. The van der Waals surface area contributed by atoms with Crippen molar-refractivity contribution in [1.82, 2.24) is 0 Å². The van der Waals surface area contributed by atoms with Crippen molar-refractivity contribution in [2.24, 2.45) is 0 Å². The van der Waals surface area contributed by atoms with E-state index in [9.17, 15) is 14.7 Å². The molecular formula is C20H19NO5. The molecule has 0 saturated carbocycles. The number of carbonyl (C=O) groups is 2. The van der Waals surface area contributed by atoms with Crippen LogP contribution in [-0.4, -0.2) is 31.1 Å². The highest BCUT2D eigenvalue weighted by atomic mass is 16.5. The molecule has 3 rings (SSSR count). The third-order valence-corrected chi connectivity index (χ3v) is 4.48. The van der Waals surface area contributed by atoms with Gasteiger partial charge < -0.3 is 14.6 Å². The smallest absolute Gasteiger partial charge is 0.301 e. The van der Waals surface area contributed by atoms with Gasteiger partial charge in [0.1, 0.15) is 11.5 Å². The number of amides is 2. The number of rotatable bonds is 4. The molecule has 2 aromatic carbocycles. The van der Waals surface area contributed by atoms with Crippen LogP contribution >= 0.6 is 0 Å². The third kappa shape index (κ3) is 2.69. The molecule has 134 valence electrons. The number of aryl methyl sites for hydroxylation is 2. The molecule has 26 heavy (non-hydrogen) atoms. The molecule has 2 aromatic rings. The van der Waals surface area contributed by atoms with Gasteiger partial charge >= 0.3 is 5.91 Å². The molecule has 0 atom stereocenters. The Labute approximate surface area is 151 Å². The van der Waals surface area contributed by atoms with E-state index in [4.69, 9.17) is 9.47 Å². The zero-order valence-corrected chi connectivity index (χ0v) is 15.0. The predicted octanol–water partition coefficient (Wildman–Crippen LogP) is 3.16. The molecular weight excluding hydrogens is 334 g/mol. The molecule has 1 heterocycles. The summed E-state index contributed by atoms with van der Waals surface area (Å²) in [5.74, 6) is -1.21. The second-order valence-electron chi connectivity index (χ2n) is 6.01. The van der Waals surface area contributed by atoms with E-state index in [1.54, 1.807) is 24.3 Å². The van der Waals surface area contributed by atoms with E-state index in [0.717, 1.165) is 16.0 Å². The Balaban J connectivity index is 2.10. The third-order valence-electron chi connectivity index (χ3n) is 4.48. The summed E-state index contributed by atoms with van der Waals surface area (Å²) in [7, 11) is 2.92. The molecule has 0 aliphatic carbocycles. The summed E-state index contributed by atoms with van der Waals surface area (Å²) >= 11 is 0. The Morgan fingerprint density at radius 2 is 1.62 bits per heavy atom. The molecule has 1 N–H and O–H groups in total. The zero-order chi connectivity index (χ0) is 19.0. The van der Waals surface area contributed by atoms with Crippen LogP contribution in [-0.2, 0) is 9.59 Å². The first-order valence-corrected chi connectivity index (χ1v) is 8.00. The average Bonchev–Trinajstić information content (AvgIpc) is 2.86. The minimum absolute atomic E-state index is 0.0250. The fraction of sp³-hybridized carbons (Fsp3) is 0.200. The minimum Gasteiger partial charge on any atom is -0.502 e. The lowest BCUT2D eigenvalue weighted by Crippen LogP contribution is -2.32. The number of anilines is 1. The first-order valence-electron chi connectivity index (χ1n) is 8.00. The van der Waals surface area contributed by atoms with Gasteiger partial charge in [-0.2, -0.15) is 0 Å². The van der Waals surface area contributed by atoms with E-state index in [2.05, 4.69) is 0 Å². The van der Waals surface area contributed by atoms with Gasteiger partial charge in [0.15, 0.2) is 5.76 Å². The zero-order valence-electron chi connectivity index (χ0n) is 15.0. The van der Waals surface area contributed by atoms with Crippen LogP contribution in [0.5, 0.6) is 11.5 Å². The number of imide groups is 1. The Morgan fingerprint density at radius 3 is 2.23 bits per heavy atom. The summed E-state index contributed by atoms with van der Waals surface area (Å²) in [6.07, 6.45) is 0. The highest BCUT2D eigenvalue weighted by Gasteiger charge is 2.41. The van der Waals surface area contributed by atoms with E-state index >= 15 is 0 Å². The van der Waals surface area contributed by atoms with Gasteiger partial charge in [0.05, 0.1) is 25.5 Å². The van der Waals surface area contributed by atoms with Crippen LogP contribution in [0.25, 0.3) is 5.57 Å². The minimum atomic E-state index is -0.796. The molecule has 1 aliphatic heterocycles. The fourth-order valence-corrected chi connectivity index (χ4v) is 2.87. The van der Waals surface area contributed by atoms with E-state index in [-0.39, 0.29) is 11.3 Å². The van der Waals surface area contributed by atoms with Gasteiger partial charge in [-0.15, -0.1) is 0 Å². The van der Waals surface area contributed by atoms with E-state index in [0.29, 0.717) is 17.1 Å². The summed E-state index contributed by atoms with van der Waals surface area (Å²) in [6, 6.07) is 10.1.